The predicted molar refractivity (Wildman–Crippen MR) is 66.3 cm³/mol. The fourth-order valence-electron chi connectivity index (χ4n) is 3.19. The summed E-state index contributed by atoms with van der Waals surface area (Å²) in [5, 5.41) is 3.27. The molecular formula is C14H25NO. The first-order valence-corrected chi connectivity index (χ1v) is 6.96. The van der Waals surface area contributed by atoms with Crippen LogP contribution < -0.4 is 5.32 Å². The highest BCUT2D eigenvalue weighted by Crippen LogP contribution is 2.34. The summed E-state index contributed by atoms with van der Waals surface area (Å²) in [7, 11) is 0. The molecule has 1 aliphatic heterocycles. The Morgan fingerprint density at radius 1 is 1.38 bits per heavy atom. The lowest BCUT2D eigenvalue weighted by Crippen LogP contribution is -2.48. The second-order valence-electron chi connectivity index (χ2n) is 5.75. The smallest absolute Gasteiger partial charge is 0.139 e. The molecule has 0 amide bonds. The molecule has 2 heteroatoms. The molecule has 3 unspecified atom stereocenters. The molecule has 0 spiro atoms. The SMILES string of the molecule is CCC1CCCC(C(=O)C(C)C2CNC2)C1. The second kappa shape index (κ2) is 5.31. The van der Waals surface area contributed by atoms with Gasteiger partial charge >= 0.3 is 0 Å². The number of rotatable bonds is 4. The molecule has 92 valence electrons. The fraction of sp³-hybridized carbons (Fsp3) is 0.929. The monoisotopic (exact) mass is 223 g/mol. The van der Waals surface area contributed by atoms with E-state index in [9.17, 15) is 4.79 Å². The standard InChI is InChI=1S/C14H25NO/c1-3-11-5-4-6-12(7-11)14(16)10(2)13-8-15-9-13/h10-13,15H,3-9H2,1-2H3. The molecule has 0 aromatic carbocycles. The predicted octanol–water partition coefficient (Wildman–Crippen LogP) is 2.63. The van der Waals surface area contributed by atoms with Crippen LogP contribution in [-0.2, 0) is 4.79 Å². The van der Waals surface area contributed by atoms with Gasteiger partial charge in [0, 0.05) is 11.8 Å². The van der Waals surface area contributed by atoms with Gasteiger partial charge in [-0.05, 0) is 37.8 Å². The largest absolute Gasteiger partial charge is 0.316 e. The number of hydrogen-bond donors (Lipinski definition) is 1. The van der Waals surface area contributed by atoms with Gasteiger partial charge in [0.1, 0.15) is 5.78 Å². The van der Waals surface area contributed by atoms with Crippen molar-refractivity contribution >= 4 is 5.78 Å². The average Bonchev–Trinajstić information content (AvgIpc) is 2.25. The minimum atomic E-state index is 0.293. The minimum Gasteiger partial charge on any atom is -0.316 e. The topological polar surface area (TPSA) is 29.1 Å². The second-order valence-corrected chi connectivity index (χ2v) is 5.75. The first-order valence-electron chi connectivity index (χ1n) is 6.96. The van der Waals surface area contributed by atoms with E-state index in [4.69, 9.17) is 0 Å². The van der Waals surface area contributed by atoms with Gasteiger partial charge in [-0.2, -0.15) is 0 Å². The molecule has 16 heavy (non-hydrogen) atoms. The highest BCUT2D eigenvalue weighted by atomic mass is 16.1. The van der Waals surface area contributed by atoms with Crippen molar-refractivity contribution in [1.29, 1.82) is 0 Å². The van der Waals surface area contributed by atoms with Crippen molar-refractivity contribution in [2.45, 2.75) is 46.0 Å². The quantitative estimate of drug-likeness (QED) is 0.794. The molecule has 3 atom stereocenters. The van der Waals surface area contributed by atoms with Crippen LogP contribution in [0.25, 0.3) is 0 Å². The van der Waals surface area contributed by atoms with Crippen molar-refractivity contribution in [1.82, 2.24) is 5.32 Å². The Morgan fingerprint density at radius 2 is 2.12 bits per heavy atom. The van der Waals surface area contributed by atoms with Crippen molar-refractivity contribution in [3.63, 3.8) is 0 Å². The van der Waals surface area contributed by atoms with Crippen LogP contribution in [0.15, 0.2) is 0 Å². The van der Waals surface area contributed by atoms with Gasteiger partial charge in [-0.1, -0.05) is 33.1 Å². The van der Waals surface area contributed by atoms with Crippen LogP contribution in [0.2, 0.25) is 0 Å². The summed E-state index contributed by atoms with van der Waals surface area (Å²) in [6.45, 7) is 6.51. The number of hydrogen-bond acceptors (Lipinski definition) is 2. The van der Waals surface area contributed by atoms with E-state index < -0.39 is 0 Å². The first-order chi connectivity index (χ1) is 7.72. The molecule has 2 rings (SSSR count). The van der Waals surface area contributed by atoms with Crippen LogP contribution in [0.4, 0.5) is 0 Å². The van der Waals surface area contributed by atoms with Crippen LogP contribution >= 0.6 is 0 Å². The van der Waals surface area contributed by atoms with Crippen LogP contribution in [0.3, 0.4) is 0 Å². The lowest BCUT2D eigenvalue weighted by molar-refractivity contribution is -0.130. The van der Waals surface area contributed by atoms with E-state index in [1.165, 1.54) is 25.7 Å². The van der Waals surface area contributed by atoms with Gasteiger partial charge in [0.25, 0.3) is 0 Å². The molecule has 0 radical (unpaired) electrons. The Hall–Kier alpha value is -0.370. The molecule has 1 saturated heterocycles. The van der Waals surface area contributed by atoms with Gasteiger partial charge < -0.3 is 5.32 Å². The molecule has 1 saturated carbocycles. The van der Waals surface area contributed by atoms with E-state index in [1.54, 1.807) is 0 Å². The third-order valence-electron chi connectivity index (χ3n) is 4.73. The lowest BCUT2D eigenvalue weighted by Gasteiger charge is -2.35. The molecule has 0 aromatic heterocycles. The molecular weight excluding hydrogens is 198 g/mol. The minimum absolute atomic E-state index is 0.293. The number of carbonyl (C=O) groups excluding carboxylic acids is 1. The number of ketones is 1. The summed E-state index contributed by atoms with van der Waals surface area (Å²) >= 11 is 0. The van der Waals surface area contributed by atoms with E-state index in [1.807, 2.05) is 0 Å². The van der Waals surface area contributed by atoms with Crippen LogP contribution in [0.5, 0.6) is 0 Å². The van der Waals surface area contributed by atoms with E-state index in [0.717, 1.165) is 25.4 Å². The van der Waals surface area contributed by atoms with Crippen LogP contribution in [-0.4, -0.2) is 18.9 Å². The fourth-order valence-corrected chi connectivity index (χ4v) is 3.19. The zero-order valence-electron chi connectivity index (χ0n) is 10.7. The number of Topliss-reactive ketones (excluding diaryl/α,β-unsaturated/α-hetero) is 1. The molecule has 0 bridgehead atoms. The zero-order chi connectivity index (χ0) is 11.5. The average molecular weight is 223 g/mol. The van der Waals surface area contributed by atoms with Crippen molar-refractivity contribution in [2.24, 2.45) is 23.7 Å². The van der Waals surface area contributed by atoms with Gasteiger partial charge in [0.15, 0.2) is 0 Å². The van der Waals surface area contributed by atoms with E-state index in [0.29, 0.717) is 23.5 Å². The number of nitrogens with one attached hydrogen (secondary N) is 1. The summed E-state index contributed by atoms with van der Waals surface area (Å²) in [4.78, 5) is 12.4. The van der Waals surface area contributed by atoms with E-state index >= 15 is 0 Å². The van der Waals surface area contributed by atoms with Crippen molar-refractivity contribution in [3.8, 4) is 0 Å². The maximum atomic E-state index is 12.4. The van der Waals surface area contributed by atoms with Crippen molar-refractivity contribution < 1.29 is 4.79 Å². The maximum absolute atomic E-state index is 12.4. The summed E-state index contributed by atoms with van der Waals surface area (Å²) in [6, 6.07) is 0. The van der Waals surface area contributed by atoms with Gasteiger partial charge in [-0.3, -0.25) is 4.79 Å². The van der Waals surface area contributed by atoms with Gasteiger partial charge in [-0.25, -0.2) is 0 Å². The Morgan fingerprint density at radius 3 is 2.69 bits per heavy atom. The van der Waals surface area contributed by atoms with Gasteiger partial charge in [-0.15, -0.1) is 0 Å². The van der Waals surface area contributed by atoms with E-state index in [2.05, 4.69) is 19.2 Å². The molecule has 2 aliphatic rings. The Labute approximate surface area is 99.2 Å². The normalized spacial score (nSPS) is 33.1. The summed E-state index contributed by atoms with van der Waals surface area (Å²) < 4.78 is 0. The highest BCUT2D eigenvalue weighted by Gasteiger charge is 2.34. The number of carbonyl (C=O) groups is 1. The molecule has 1 heterocycles. The van der Waals surface area contributed by atoms with Gasteiger partial charge in [0.2, 0.25) is 0 Å². The Kier molecular flexibility index (Phi) is 4.01. The third kappa shape index (κ3) is 2.48. The molecule has 1 aliphatic carbocycles. The van der Waals surface area contributed by atoms with Crippen molar-refractivity contribution in [2.75, 3.05) is 13.1 Å². The Balaban J connectivity index is 1.87. The molecule has 2 nitrogen and oxygen atoms in total. The first kappa shape index (κ1) is 12.1. The lowest BCUT2D eigenvalue weighted by atomic mass is 9.73. The molecule has 0 aromatic rings. The van der Waals surface area contributed by atoms with E-state index in [-0.39, 0.29) is 0 Å². The molecule has 2 fully saturated rings. The summed E-state index contributed by atoms with van der Waals surface area (Å²) in [5.74, 6) is 2.67. The van der Waals surface area contributed by atoms with Crippen LogP contribution in [0, 0.1) is 23.7 Å². The highest BCUT2D eigenvalue weighted by molar-refractivity contribution is 5.83. The van der Waals surface area contributed by atoms with Crippen molar-refractivity contribution in [3.05, 3.63) is 0 Å². The van der Waals surface area contributed by atoms with Gasteiger partial charge in [0.05, 0.1) is 0 Å². The Bertz CT molecular complexity index is 247. The zero-order valence-corrected chi connectivity index (χ0v) is 10.7. The summed E-state index contributed by atoms with van der Waals surface area (Å²) in [5.41, 5.74) is 0. The summed E-state index contributed by atoms with van der Waals surface area (Å²) in [6.07, 6.45) is 6.19. The molecule has 1 N–H and O–H groups in total. The van der Waals surface area contributed by atoms with Crippen LogP contribution in [0.1, 0.15) is 46.0 Å². The maximum Gasteiger partial charge on any atom is 0.139 e. The third-order valence-corrected chi connectivity index (χ3v) is 4.73.